The van der Waals surface area contributed by atoms with Crippen LogP contribution in [0.1, 0.15) is 15.9 Å². The maximum absolute atomic E-state index is 12.2. The number of hydrogen-bond acceptors (Lipinski definition) is 3. The van der Waals surface area contributed by atoms with Crippen molar-refractivity contribution in [1.82, 2.24) is 10.6 Å². The Morgan fingerprint density at radius 1 is 1.50 bits per heavy atom. The van der Waals surface area contributed by atoms with Gasteiger partial charge in [-0.05, 0) is 24.6 Å². The second-order valence-corrected chi connectivity index (χ2v) is 5.28. The van der Waals surface area contributed by atoms with E-state index in [2.05, 4.69) is 26.6 Å². The summed E-state index contributed by atoms with van der Waals surface area (Å²) in [4.78, 5) is 12.2. The van der Waals surface area contributed by atoms with E-state index in [0.29, 0.717) is 5.56 Å². The fourth-order valence-electron chi connectivity index (χ4n) is 2.15. The van der Waals surface area contributed by atoms with Crippen LogP contribution in [0.25, 0.3) is 0 Å². The Hall–Kier alpha value is -0.910. The van der Waals surface area contributed by atoms with Gasteiger partial charge in [0, 0.05) is 30.2 Å². The Morgan fingerprint density at radius 2 is 2.28 bits per heavy atom. The lowest BCUT2D eigenvalue weighted by Gasteiger charge is -2.19. The van der Waals surface area contributed by atoms with Crippen LogP contribution in [0.5, 0.6) is 0 Å². The molecule has 0 spiro atoms. The number of amides is 1. The average Bonchev–Trinajstić information content (AvgIpc) is 2.79. The number of rotatable bonds is 3. The van der Waals surface area contributed by atoms with Crippen molar-refractivity contribution in [3.8, 4) is 0 Å². The predicted octanol–water partition coefficient (Wildman–Crippen LogP) is 1.47. The standard InChI is InChI=1S/C13H17BrN2O2/c1-8-9(4-3-5-10(8)14)13(17)16-11-6-15-7-12(11)18-2/h3-5,11-12,15H,6-7H2,1-2H3,(H,16,17)/t11?,12-/m0/s1. The maximum Gasteiger partial charge on any atom is 0.251 e. The Kier molecular flexibility index (Phi) is 4.37. The molecule has 18 heavy (non-hydrogen) atoms. The Morgan fingerprint density at radius 3 is 3.00 bits per heavy atom. The van der Waals surface area contributed by atoms with E-state index in [1.165, 1.54) is 0 Å². The third kappa shape index (κ3) is 2.74. The molecule has 4 nitrogen and oxygen atoms in total. The first-order chi connectivity index (χ1) is 8.63. The predicted molar refractivity (Wildman–Crippen MR) is 73.8 cm³/mol. The fraction of sp³-hybridized carbons (Fsp3) is 0.462. The molecular weight excluding hydrogens is 296 g/mol. The van der Waals surface area contributed by atoms with Crippen molar-refractivity contribution < 1.29 is 9.53 Å². The summed E-state index contributed by atoms with van der Waals surface area (Å²) < 4.78 is 6.28. The molecule has 0 aromatic heterocycles. The molecule has 2 rings (SSSR count). The molecular formula is C13H17BrN2O2. The molecule has 0 radical (unpaired) electrons. The zero-order chi connectivity index (χ0) is 13.1. The molecule has 1 aliphatic rings. The second-order valence-electron chi connectivity index (χ2n) is 4.42. The summed E-state index contributed by atoms with van der Waals surface area (Å²) in [5, 5.41) is 6.22. The van der Waals surface area contributed by atoms with Crippen LogP contribution < -0.4 is 10.6 Å². The normalized spacial score (nSPS) is 23.1. The van der Waals surface area contributed by atoms with Crippen molar-refractivity contribution in [1.29, 1.82) is 0 Å². The van der Waals surface area contributed by atoms with Gasteiger partial charge in [-0.15, -0.1) is 0 Å². The lowest BCUT2D eigenvalue weighted by atomic mass is 10.1. The molecule has 1 saturated heterocycles. The lowest BCUT2D eigenvalue weighted by molar-refractivity contribution is 0.0779. The number of halogens is 1. The van der Waals surface area contributed by atoms with Crippen molar-refractivity contribution in [2.75, 3.05) is 20.2 Å². The van der Waals surface area contributed by atoms with E-state index in [1.807, 2.05) is 25.1 Å². The molecule has 2 atom stereocenters. The first kappa shape index (κ1) is 13.5. The highest BCUT2D eigenvalue weighted by Crippen LogP contribution is 2.19. The van der Waals surface area contributed by atoms with Gasteiger partial charge in [-0.1, -0.05) is 22.0 Å². The number of carbonyl (C=O) groups is 1. The van der Waals surface area contributed by atoms with Gasteiger partial charge in [0.25, 0.3) is 5.91 Å². The molecule has 1 heterocycles. The molecule has 0 aliphatic carbocycles. The Bertz CT molecular complexity index is 451. The van der Waals surface area contributed by atoms with Crippen LogP contribution in [0.15, 0.2) is 22.7 Å². The van der Waals surface area contributed by atoms with Gasteiger partial charge in [0.1, 0.15) is 0 Å². The van der Waals surface area contributed by atoms with Crippen molar-refractivity contribution >= 4 is 21.8 Å². The first-order valence-electron chi connectivity index (χ1n) is 5.93. The molecule has 1 aromatic rings. The third-order valence-electron chi connectivity index (χ3n) is 3.29. The van der Waals surface area contributed by atoms with E-state index in [0.717, 1.165) is 23.1 Å². The minimum Gasteiger partial charge on any atom is -0.378 e. The second kappa shape index (κ2) is 5.82. The van der Waals surface area contributed by atoms with Gasteiger partial charge in [0.2, 0.25) is 0 Å². The van der Waals surface area contributed by atoms with Gasteiger partial charge >= 0.3 is 0 Å². The number of ether oxygens (including phenoxy) is 1. The summed E-state index contributed by atoms with van der Waals surface area (Å²) in [6.45, 7) is 3.45. The monoisotopic (exact) mass is 312 g/mol. The highest BCUT2D eigenvalue weighted by Gasteiger charge is 2.28. The molecule has 1 fully saturated rings. The Labute approximate surface area is 115 Å². The SMILES string of the molecule is CO[C@H]1CNCC1NC(=O)c1cccc(Br)c1C. The summed E-state index contributed by atoms with van der Waals surface area (Å²) in [7, 11) is 1.67. The van der Waals surface area contributed by atoms with Gasteiger partial charge in [0.15, 0.2) is 0 Å². The van der Waals surface area contributed by atoms with Crippen molar-refractivity contribution in [3.05, 3.63) is 33.8 Å². The Balaban J connectivity index is 2.10. The maximum atomic E-state index is 12.2. The van der Waals surface area contributed by atoms with Crippen LogP contribution in [0.2, 0.25) is 0 Å². The molecule has 1 aromatic carbocycles. The summed E-state index contributed by atoms with van der Waals surface area (Å²) in [6, 6.07) is 5.66. The molecule has 1 unspecified atom stereocenters. The van der Waals surface area contributed by atoms with Crippen LogP contribution >= 0.6 is 15.9 Å². The quantitative estimate of drug-likeness (QED) is 0.889. The third-order valence-corrected chi connectivity index (χ3v) is 4.15. The molecule has 0 bridgehead atoms. The number of benzene rings is 1. The van der Waals surface area contributed by atoms with E-state index in [1.54, 1.807) is 7.11 Å². The number of hydrogen-bond donors (Lipinski definition) is 2. The first-order valence-corrected chi connectivity index (χ1v) is 6.72. The lowest BCUT2D eigenvalue weighted by Crippen LogP contribution is -2.43. The van der Waals surface area contributed by atoms with Crippen LogP contribution in [-0.4, -0.2) is 38.3 Å². The van der Waals surface area contributed by atoms with E-state index < -0.39 is 0 Å². The topological polar surface area (TPSA) is 50.4 Å². The van der Waals surface area contributed by atoms with E-state index in [4.69, 9.17) is 4.74 Å². The number of nitrogens with one attached hydrogen (secondary N) is 2. The highest BCUT2D eigenvalue weighted by atomic mass is 79.9. The van der Waals surface area contributed by atoms with Crippen molar-refractivity contribution in [2.24, 2.45) is 0 Å². The fourth-order valence-corrected chi connectivity index (χ4v) is 2.51. The summed E-state index contributed by atoms with van der Waals surface area (Å²) >= 11 is 3.44. The van der Waals surface area contributed by atoms with Gasteiger partial charge < -0.3 is 15.4 Å². The molecule has 1 amide bonds. The van der Waals surface area contributed by atoms with Gasteiger partial charge in [-0.25, -0.2) is 0 Å². The summed E-state index contributed by atoms with van der Waals surface area (Å²) in [5.41, 5.74) is 1.65. The number of carbonyl (C=O) groups excluding carboxylic acids is 1. The summed E-state index contributed by atoms with van der Waals surface area (Å²) in [5.74, 6) is -0.0513. The number of methoxy groups -OCH3 is 1. The summed E-state index contributed by atoms with van der Waals surface area (Å²) in [6.07, 6.45) is 0.0430. The van der Waals surface area contributed by atoms with Crippen molar-refractivity contribution in [2.45, 2.75) is 19.1 Å². The van der Waals surface area contributed by atoms with E-state index in [-0.39, 0.29) is 18.1 Å². The average molecular weight is 313 g/mol. The minimum atomic E-state index is -0.0513. The molecule has 2 N–H and O–H groups in total. The molecule has 1 aliphatic heterocycles. The zero-order valence-corrected chi connectivity index (χ0v) is 12.1. The molecule has 5 heteroatoms. The van der Waals surface area contributed by atoms with Gasteiger partial charge in [-0.3, -0.25) is 4.79 Å². The molecule has 0 saturated carbocycles. The van der Waals surface area contributed by atoms with Gasteiger partial charge in [-0.2, -0.15) is 0 Å². The molecule has 98 valence electrons. The zero-order valence-electron chi connectivity index (χ0n) is 10.5. The minimum absolute atomic E-state index is 0.0286. The largest absolute Gasteiger partial charge is 0.378 e. The van der Waals surface area contributed by atoms with Crippen LogP contribution in [0.3, 0.4) is 0 Å². The van der Waals surface area contributed by atoms with E-state index in [9.17, 15) is 4.79 Å². The van der Waals surface area contributed by atoms with Crippen LogP contribution in [0, 0.1) is 6.92 Å². The van der Waals surface area contributed by atoms with Crippen LogP contribution in [0.4, 0.5) is 0 Å². The van der Waals surface area contributed by atoms with E-state index >= 15 is 0 Å². The smallest absolute Gasteiger partial charge is 0.251 e. The van der Waals surface area contributed by atoms with Crippen LogP contribution in [-0.2, 0) is 4.74 Å². The van der Waals surface area contributed by atoms with Gasteiger partial charge in [0.05, 0.1) is 12.1 Å². The van der Waals surface area contributed by atoms with Crippen molar-refractivity contribution in [3.63, 3.8) is 0 Å². The highest BCUT2D eigenvalue weighted by molar-refractivity contribution is 9.10.